The van der Waals surface area contributed by atoms with Crippen LogP contribution in [0.25, 0.3) is 0 Å². The Hall–Kier alpha value is -2.35. The van der Waals surface area contributed by atoms with Gasteiger partial charge in [-0.2, -0.15) is 10.1 Å². The van der Waals surface area contributed by atoms with Gasteiger partial charge in [0.25, 0.3) is 0 Å². The van der Waals surface area contributed by atoms with Crippen LogP contribution in [0.1, 0.15) is 38.5 Å². The van der Waals surface area contributed by atoms with E-state index in [2.05, 4.69) is 9.98 Å². The molecule has 136 valence electrons. The summed E-state index contributed by atoms with van der Waals surface area (Å²) in [6, 6.07) is 5.93. The molecule has 1 heterocycles. The first-order valence-corrected chi connectivity index (χ1v) is 8.60. The molecular weight excluding hydrogens is 325 g/mol. The lowest BCUT2D eigenvalue weighted by Gasteiger charge is -2.44. The summed E-state index contributed by atoms with van der Waals surface area (Å²) in [5, 5.41) is 1.61. The van der Waals surface area contributed by atoms with Gasteiger partial charge in [-0.1, -0.05) is 6.42 Å². The van der Waals surface area contributed by atoms with Crippen molar-refractivity contribution in [2.75, 3.05) is 13.2 Å². The van der Waals surface area contributed by atoms with E-state index in [9.17, 15) is 4.39 Å². The van der Waals surface area contributed by atoms with Crippen LogP contribution >= 0.6 is 0 Å². The standard InChI is InChI=1S/C17H24FN5O2/c18-13-5-7-14(8-6-13)24-11-4-12-25-23-16(20)21-15(19)22-17(23)9-2-1-3-10-17/h5-8H,1-4,9-12H2,(H4,19,20,21,22). The third-order valence-electron chi connectivity index (χ3n) is 4.38. The first kappa shape index (κ1) is 17.5. The predicted octanol–water partition coefficient (Wildman–Crippen LogP) is 2.13. The minimum atomic E-state index is -0.536. The van der Waals surface area contributed by atoms with E-state index in [4.69, 9.17) is 21.0 Å². The molecule has 0 aromatic heterocycles. The van der Waals surface area contributed by atoms with Crippen LogP contribution in [-0.2, 0) is 4.84 Å². The van der Waals surface area contributed by atoms with Crippen LogP contribution in [0.4, 0.5) is 4.39 Å². The van der Waals surface area contributed by atoms with Crippen molar-refractivity contribution in [3.05, 3.63) is 30.1 Å². The Balaban J connectivity index is 1.50. The topological polar surface area (TPSA) is 98.5 Å². The highest BCUT2D eigenvalue weighted by Gasteiger charge is 2.42. The molecule has 1 spiro atoms. The van der Waals surface area contributed by atoms with Crippen molar-refractivity contribution >= 4 is 11.9 Å². The summed E-state index contributed by atoms with van der Waals surface area (Å²) in [6.45, 7) is 0.865. The normalized spacial score (nSPS) is 19.5. The molecular formula is C17H24FN5O2. The number of hydroxylamine groups is 2. The van der Waals surface area contributed by atoms with Crippen molar-refractivity contribution in [3.8, 4) is 5.75 Å². The Morgan fingerprint density at radius 3 is 2.52 bits per heavy atom. The monoisotopic (exact) mass is 349 g/mol. The minimum absolute atomic E-state index is 0.207. The van der Waals surface area contributed by atoms with Crippen molar-refractivity contribution < 1.29 is 14.0 Å². The molecule has 1 aromatic carbocycles. The number of ether oxygens (including phenoxy) is 1. The largest absolute Gasteiger partial charge is 0.494 e. The smallest absolute Gasteiger partial charge is 0.226 e. The Morgan fingerprint density at radius 1 is 1.08 bits per heavy atom. The van der Waals surface area contributed by atoms with E-state index >= 15 is 0 Å². The Morgan fingerprint density at radius 2 is 1.80 bits per heavy atom. The maximum absolute atomic E-state index is 12.8. The first-order valence-electron chi connectivity index (χ1n) is 8.60. The molecule has 0 radical (unpaired) electrons. The van der Waals surface area contributed by atoms with Gasteiger partial charge >= 0.3 is 0 Å². The van der Waals surface area contributed by atoms with E-state index in [1.54, 1.807) is 17.2 Å². The number of halogens is 1. The molecule has 1 aromatic rings. The highest BCUT2D eigenvalue weighted by molar-refractivity contribution is 5.95. The number of rotatable bonds is 6. The zero-order chi connectivity index (χ0) is 17.7. The maximum atomic E-state index is 12.8. The number of nitrogens with zero attached hydrogens (tertiary/aromatic N) is 3. The van der Waals surface area contributed by atoms with Crippen LogP contribution in [0.3, 0.4) is 0 Å². The van der Waals surface area contributed by atoms with Gasteiger partial charge in [-0.25, -0.2) is 9.38 Å². The van der Waals surface area contributed by atoms with Crippen LogP contribution in [0.5, 0.6) is 5.75 Å². The van der Waals surface area contributed by atoms with E-state index in [0.717, 1.165) is 25.7 Å². The number of hydrogen-bond acceptors (Lipinski definition) is 7. The van der Waals surface area contributed by atoms with Gasteiger partial charge in [-0.05, 0) is 49.9 Å². The third kappa shape index (κ3) is 4.19. The van der Waals surface area contributed by atoms with Crippen LogP contribution in [-0.4, -0.2) is 35.9 Å². The lowest BCUT2D eigenvalue weighted by atomic mass is 9.89. The minimum Gasteiger partial charge on any atom is -0.494 e. The van der Waals surface area contributed by atoms with E-state index in [1.165, 1.54) is 18.6 Å². The number of hydrogen-bond donors (Lipinski definition) is 2. The van der Waals surface area contributed by atoms with E-state index in [1.807, 2.05) is 0 Å². The second-order valence-electron chi connectivity index (χ2n) is 6.27. The summed E-state index contributed by atoms with van der Waals surface area (Å²) >= 11 is 0. The van der Waals surface area contributed by atoms with Gasteiger partial charge in [-0.15, -0.1) is 0 Å². The van der Waals surface area contributed by atoms with Crippen molar-refractivity contribution in [1.29, 1.82) is 0 Å². The number of benzene rings is 1. The number of guanidine groups is 2. The molecule has 7 nitrogen and oxygen atoms in total. The molecule has 4 N–H and O–H groups in total. The average Bonchev–Trinajstić information content (AvgIpc) is 2.59. The van der Waals surface area contributed by atoms with Crippen LogP contribution in [0.15, 0.2) is 34.3 Å². The van der Waals surface area contributed by atoms with Gasteiger partial charge in [-0.3, -0.25) is 4.84 Å². The van der Waals surface area contributed by atoms with Gasteiger partial charge in [0.1, 0.15) is 11.6 Å². The van der Waals surface area contributed by atoms with Crippen LogP contribution < -0.4 is 16.2 Å². The average molecular weight is 349 g/mol. The Bertz CT molecular complexity index is 641. The fourth-order valence-corrected chi connectivity index (χ4v) is 3.21. The fourth-order valence-electron chi connectivity index (χ4n) is 3.21. The summed E-state index contributed by atoms with van der Waals surface area (Å²) in [6.07, 6.45) is 5.62. The highest BCUT2D eigenvalue weighted by Crippen LogP contribution is 2.36. The molecule has 8 heteroatoms. The van der Waals surface area contributed by atoms with Gasteiger partial charge in [0.05, 0.1) is 13.2 Å². The van der Waals surface area contributed by atoms with Crippen molar-refractivity contribution in [1.82, 2.24) is 5.06 Å². The zero-order valence-electron chi connectivity index (χ0n) is 14.2. The summed E-state index contributed by atoms with van der Waals surface area (Å²) in [7, 11) is 0. The second kappa shape index (κ2) is 7.69. The summed E-state index contributed by atoms with van der Waals surface area (Å²) in [4.78, 5) is 14.4. The summed E-state index contributed by atoms with van der Waals surface area (Å²) in [5.74, 6) is 0.794. The van der Waals surface area contributed by atoms with Crippen LogP contribution in [0, 0.1) is 5.82 Å². The van der Waals surface area contributed by atoms with E-state index < -0.39 is 5.66 Å². The molecule has 1 saturated carbocycles. The molecule has 1 aliphatic carbocycles. The van der Waals surface area contributed by atoms with Gasteiger partial charge in [0, 0.05) is 6.42 Å². The van der Waals surface area contributed by atoms with Crippen molar-refractivity contribution in [3.63, 3.8) is 0 Å². The Kier molecular flexibility index (Phi) is 5.37. The zero-order valence-corrected chi connectivity index (χ0v) is 14.2. The van der Waals surface area contributed by atoms with Crippen molar-refractivity contribution in [2.24, 2.45) is 21.5 Å². The third-order valence-corrected chi connectivity index (χ3v) is 4.38. The number of nitrogens with two attached hydrogens (primary N) is 2. The van der Waals surface area contributed by atoms with Gasteiger partial charge in [0.2, 0.25) is 11.9 Å². The predicted molar refractivity (Wildman–Crippen MR) is 93.4 cm³/mol. The van der Waals surface area contributed by atoms with E-state index in [-0.39, 0.29) is 17.7 Å². The lowest BCUT2D eigenvalue weighted by Crippen LogP contribution is -2.57. The molecule has 1 aliphatic heterocycles. The molecule has 0 unspecified atom stereocenters. The SMILES string of the molecule is NC1=NC2(CCCCC2)N(OCCCOc2ccc(F)cc2)C(N)=N1. The molecule has 2 aliphatic rings. The number of aliphatic imine (C=N–C) groups is 2. The summed E-state index contributed by atoms with van der Waals surface area (Å²) < 4.78 is 18.4. The van der Waals surface area contributed by atoms with Crippen LogP contribution in [0.2, 0.25) is 0 Å². The van der Waals surface area contributed by atoms with Gasteiger partial charge in [0.15, 0.2) is 5.66 Å². The molecule has 0 bridgehead atoms. The second-order valence-corrected chi connectivity index (χ2v) is 6.27. The first-order chi connectivity index (χ1) is 12.1. The quantitative estimate of drug-likeness (QED) is 0.767. The molecule has 0 amide bonds. The fraction of sp³-hybridized carbons (Fsp3) is 0.529. The molecule has 25 heavy (non-hydrogen) atoms. The Labute approximate surface area is 146 Å². The molecule has 3 rings (SSSR count). The van der Waals surface area contributed by atoms with Crippen molar-refractivity contribution in [2.45, 2.75) is 44.2 Å². The molecule has 1 fully saturated rings. The lowest BCUT2D eigenvalue weighted by molar-refractivity contribution is -0.178. The highest BCUT2D eigenvalue weighted by atomic mass is 19.1. The van der Waals surface area contributed by atoms with E-state index in [0.29, 0.717) is 25.4 Å². The molecule has 0 saturated heterocycles. The summed E-state index contributed by atoms with van der Waals surface area (Å²) in [5.41, 5.74) is 11.3. The van der Waals surface area contributed by atoms with Gasteiger partial charge < -0.3 is 16.2 Å². The molecule has 0 atom stereocenters. The maximum Gasteiger partial charge on any atom is 0.226 e.